The molecule has 1 fully saturated rings. The molecule has 2 N–H and O–H groups in total. The third-order valence-corrected chi connectivity index (χ3v) is 1.98. The maximum absolute atomic E-state index is 9.13. The Hall–Kier alpha value is -0.0800. The molecule has 0 spiro atoms. The minimum absolute atomic E-state index is 0.140. The molecule has 0 aromatic heterocycles. The smallest absolute Gasteiger partial charge is 0.0662 e. The van der Waals surface area contributed by atoms with Crippen molar-refractivity contribution < 1.29 is 5.11 Å². The van der Waals surface area contributed by atoms with E-state index in [1.54, 1.807) is 0 Å². The van der Waals surface area contributed by atoms with Crippen LogP contribution in [-0.2, 0) is 0 Å². The van der Waals surface area contributed by atoms with E-state index in [9.17, 15) is 0 Å². The van der Waals surface area contributed by atoms with E-state index in [2.05, 4.69) is 5.32 Å². The van der Waals surface area contributed by atoms with Gasteiger partial charge in [-0.15, -0.1) is 0 Å². The minimum atomic E-state index is -0.140. The molecule has 0 heterocycles. The number of hydrogen-bond donors (Lipinski definition) is 2. The number of aliphatic hydroxyl groups excluding tert-OH is 1. The maximum atomic E-state index is 9.13. The first-order valence-corrected chi connectivity index (χ1v) is 4.21. The Morgan fingerprint density at radius 3 is 2.80 bits per heavy atom. The van der Waals surface area contributed by atoms with Crippen molar-refractivity contribution in [2.75, 3.05) is 13.1 Å². The highest BCUT2D eigenvalue weighted by atomic mass is 16.3. The fourth-order valence-corrected chi connectivity index (χ4v) is 0.920. The average molecular weight is 143 g/mol. The Bertz CT molecular complexity index is 91.3. The lowest BCUT2D eigenvalue weighted by atomic mass is 10.3. The Morgan fingerprint density at radius 2 is 2.30 bits per heavy atom. The van der Waals surface area contributed by atoms with Crippen molar-refractivity contribution in [2.24, 2.45) is 5.92 Å². The van der Waals surface area contributed by atoms with Crippen LogP contribution in [-0.4, -0.2) is 24.3 Å². The lowest BCUT2D eigenvalue weighted by molar-refractivity contribution is 0.167. The van der Waals surface area contributed by atoms with Crippen molar-refractivity contribution in [1.29, 1.82) is 0 Å². The Balaban J connectivity index is 1.83. The van der Waals surface area contributed by atoms with Crippen molar-refractivity contribution in [2.45, 2.75) is 32.3 Å². The molecule has 1 aliphatic rings. The molecule has 0 aromatic rings. The van der Waals surface area contributed by atoms with Crippen LogP contribution in [0.5, 0.6) is 0 Å². The summed E-state index contributed by atoms with van der Waals surface area (Å²) in [6.45, 7) is 3.88. The molecule has 2 heteroatoms. The van der Waals surface area contributed by atoms with Crippen LogP contribution < -0.4 is 5.32 Å². The summed E-state index contributed by atoms with van der Waals surface area (Å²) in [5, 5.41) is 12.4. The predicted molar refractivity (Wildman–Crippen MR) is 41.9 cm³/mol. The lowest BCUT2D eigenvalue weighted by Gasteiger charge is -2.07. The summed E-state index contributed by atoms with van der Waals surface area (Å²) >= 11 is 0. The molecule has 60 valence electrons. The summed E-state index contributed by atoms with van der Waals surface area (Å²) in [7, 11) is 0. The van der Waals surface area contributed by atoms with E-state index in [0.717, 1.165) is 25.4 Å². The van der Waals surface area contributed by atoms with Crippen LogP contribution in [0.15, 0.2) is 0 Å². The second kappa shape index (κ2) is 3.94. The zero-order chi connectivity index (χ0) is 7.40. The molecule has 0 saturated heterocycles. The van der Waals surface area contributed by atoms with Crippen molar-refractivity contribution in [3.8, 4) is 0 Å². The maximum Gasteiger partial charge on any atom is 0.0662 e. The molecule has 1 aliphatic carbocycles. The second-order valence-electron chi connectivity index (χ2n) is 3.16. The van der Waals surface area contributed by atoms with Gasteiger partial charge in [-0.1, -0.05) is 6.92 Å². The highest BCUT2D eigenvalue weighted by Crippen LogP contribution is 2.27. The second-order valence-corrected chi connectivity index (χ2v) is 3.16. The van der Waals surface area contributed by atoms with Crippen LogP contribution in [0, 0.1) is 5.92 Å². The van der Waals surface area contributed by atoms with Gasteiger partial charge in [0.1, 0.15) is 0 Å². The van der Waals surface area contributed by atoms with Gasteiger partial charge in [0.25, 0.3) is 0 Å². The molecule has 1 saturated carbocycles. The van der Waals surface area contributed by atoms with Crippen LogP contribution in [0.2, 0.25) is 0 Å². The highest BCUT2D eigenvalue weighted by molar-refractivity contribution is 4.75. The van der Waals surface area contributed by atoms with Crippen molar-refractivity contribution in [3.63, 3.8) is 0 Å². The minimum Gasteiger partial charge on any atom is -0.392 e. The average Bonchev–Trinajstić information content (AvgIpc) is 2.71. The molecule has 0 aliphatic heterocycles. The normalized spacial score (nSPS) is 21.0. The van der Waals surface area contributed by atoms with Crippen molar-refractivity contribution >= 4 is 0 Å². The zero-order valence-corrected chi connectivity index (χ0v) is 6.64. The van der Waals surface area contributed by atoms with Gasteiger partial charge >= 0.3 is 0 Å². The standard InChI is InChI=1S/C8H17NO/c1-2-8(10)6-9-5-7-3-4-7/h7-10H,2-6H2,1H3/t8-/m1/s1. The molecule has 0 amide bonds. The van der Waals surface area contributed by atoms with E-state index in [1.165, 1.54) is 12.8 Å². The topological polar surface area (TPSA) is 32.3 Å². The number of aliphatic hydroxyl groups is 1. The number of rotatable bonds is 5. The third-order valence-electron chi connectivity index (χ3n) is 1.98. The first-order chi connectivity index (χ1) is 4.83. The molecule has 0 radical (unpaired) electrons. The van der Waals surface area contributed by atoms with E-state index in [-0.39, 0.29) is 6.10 Å². The van der Waals surface area contributed by atoms with Crippen LogP contribution in [0.4, 0.5) is 0 Å². The van der Waals surface area contributed by atoms with Gasteiger partial charge in [0, 0.05) is 6.54 Å². The van der Waals surface area contributed by atoms with E-state index < -0.39 is 0 Å². The Labute approximate surface area is 62.6 Å². The molecular formula is C8H17NO. The van der Waals surface area contributed by atoms with Gasteiger partial charge in [-0.2, -0.15) is 0 Å². The van der Waals surface area contributed by atoms with Gasteiger partial charge in [-0.05, 0) is 31.7 Å². The largest absolute Gasteiger partial charge is 0.392 e. The summed E-state index contributed by atoms with van der Waals surface area (Å²) in [6.07, 6.45) is 3.49. The zero-order valence-electron chi connectivity index (χ0n) is 6.64. The Morgan fingerprint density at radius 1 is 1.60 bits per heavy atom. The lowest BCUT2D eigenvalue weighted by Crippen LogP contribution is -2.27. The van der Waals surface area contributed by atoms with Gasteiger partial charge in [-0.25, -0.2) is 0 Å². The molecule has 0 unspecified atom stereocenters. The molecule has 0 bridgehead atoms. The van der Waals surface area contributed by atoms with Crippen LogP contribution in [0.1, 0.15) is 26.2 Å². The van der Waals surface area contributed by atoms with Crippen molar-refractivity contribution in [3.05, 3.63) is 0 Å². The molecule has 0 aromatic carbocycles. The molecule has 2 nitrogen and oxygen atoms in total. The monoisotopic (exact) mass is 143 g/mol. The van der Waals surface area contributed by atoms with Gasteiger partial charge in [0.15, 0.2) is 0 Å². The fourth-order valence-electron chi connectivity index (χ4n) is 0.920. The molecule has 1 atom stereocenters. The van der Waals surface area contributed by atoms with Gasteiger partial charge in [0.2, 0.25) is 0 Å². The summed E-state index contributed by atoms with van der Waals surface area (Å²) in [5.41, 5.74) is 0. The van der Waals surface area contributed by atoms with Crippen molar-refractivity contribution in [1.82, 2.24) is 5.32 Å². The van der Waals surface area contributed by atoms with Crippen LogP contribution in [0.3, 0.4) is 0 Å². The van der Waals surface area contributed by atoms with Gasteiger partial charge in [-0.3, -0.25) is 0 Å². The third kappa shape index (κ3) is 3.18. The molecule has 1 rings (SSSR count). The predicted octanol–water partition coefficient (Wildman–Crippen LogP) is 0.757. The summed E-state index contributed by atoms with van der Waals surface area (Å²) < 4.78 is 0. The fraction of sp³-hybridized carbons (Fsp3) is 1.00. The van der Waals surface area contributed by atoms with E-state index in [0.29, 0.717) is 0 Å². The Kier molecular flexibility index (Phi) is 3.16. The first-order valence-electron chi connectivity index (χ1n) is 4.21. The molecule has 10 heavy (non-hydrogen) atoms. The van der Waals surface area contributed by atoms with E-state index >= 15 is 0 Å². The van der Waals surface area contributed by atoms with E-state index in [4.69, 9.17) is 5.11 Å². The highest BCUT2D eigenvalue weighted by Gasteiger charge is 2.20. The first kappa shape index (κ1) is 8.02. The SMILES string of the molecule is CC[C@@H](O)CNCC1CC1. The van der Waals surface area contributed by atoms with Crippen LogP contribution >= 0.6 is 0 Å². The van der Waals surface area contributed by atoms with E-state index in [1.807, 2.05) is 6.92 Å². The summed E-state index contributed by atoms with van der Waals surface area (Å²) in [4.78, 5) is 0. The number of nitrogens with one attached hydrogen (secondary N) is 1. The number of hydrogen-bond acceptors (Lipinski definition) is 2. The van der Waals surface area contributed by atoms with Gasteiger partial charge < -0.3 is 10.4 Å². The van der Waals surface area contributed by atoms with Gasteiger partial charge in [0.05, 0.1) is 6.10 Å². The quantitative estimate of drug-likeness (QED) is 0.595. The summed E-state index contributed by atoms with van der Waals surface area (Å²) in [6, 6.07) is 0. The van der Waals surface area contributed by atoms with Crippen LogP contribution in [0.25, 0.3) is 0 Å². The summed E-state index contributed by atoms with van der Waals surface area (Å²) in [5.74, 6) is 0.920. The molecular weight excluding hydrogens is 126 g/mol.